The fraction of sp³-hybridized carbons (Fsp3) is 0.364. The van der Waals surface area contributed by atoms with E-state index in [2.05, 4.69) is 0 Å². The number of methoxy groups -OCH3 is 1. The third-order valence-electron chi connectivity index (χ3n) is 2.81. The van der Waals surface area contributed by atoms with Crippen molar-refractivity contribution in [2.24, 2.45) is 0 Å². The summed E-state index contributed by atoms with van der Waals surface area (Å²) in [6.07, 6.45) is 0.377. The Hall–Kier alpha value is -1.53. The van der Waals surface area contributed by atoms with Gasteiger partial charge < -0.3 is 19.5 Å². The zero-order valence-corrected chi connectivity index (χ0v) is 9.47. The first-order valence-electron chi connectivity index (χ1n) is 5.33. The summed E-state index contributed by atoms with van der Waals surface area (Å²) in [4.78, 5) is 10.6. The van der Waals surface area contributed by atoms with E-state index in [1.807, 2.05) is 0 Å². The van der Waals surface area contributed by atoms with Crippen LogP contribution >= 0.6 is 0 Å². The van der Waals surface area contributed by atoms with Crippen molar-refractivity contribution in [3.8, 4) is 5.75 Å². The Morgan fingerprint density at radius 1 is 1.59 bits per heavy atom. The van der Waals surface area contributed by atoms with Crippen LogP contribution in [0, 0.1) is 0 Å². The quantitative estimate of drug-likeness (QED) is 0.715. The smallest absolute Gasteiger partial charge is 0.492 e. The lowest BCUT2D eigenvalue weighted by atomic mass is 9.75. The van der Waals surface area contributed by atoms with E-state index < -0.39 is 13.1 Å². The van der Waals surface area contributed by atoms with Crippen LogP contribution < -0.4 is 10.2 Å². The van der Waals surface area contributed by atoms with E-state index in [9.17, 15) is 9.82 Å². The average Bonchev–Trinajstić information content (AvgIpc) is 2.68. The van der Waals surface area contributed by atoms with E-state index in [4.69, 9.17) is 14.5 Å². The Bertz CT molecular complexity index is 446. The molecule has 1 aromatic rings. The minimum Gasteiger partial charge on any atom is -0.497 e. The monoisotopic (exact) mass is 236 g/mol. The summed E-state index contributed by atoms with van der Waals surface area (Å²) in [6.45, 7) is 0.327. The predicted octanol–water partition coefficient (Wildman–Crippen LogP) is -0.0699. The number of fused-ring (bicyclic) bond motifs is 1. The zero-order valence-electron chi connectivity index (χ0n) is 9.47. The Labute approximate surface area is 99.1 Å². The zero-order chi connectivity index (χ0) is 12.4. The molecule has 0 saturated carbocycles. The van der Waals surface area contributed by atoms with Crippen molar-refractivity contribution < 1.29 is 24.3 Å². The summed E-state index contributed by atoms with van der Waals surface area (Å²) < 4.78 is 10.3. The number of hydrogen-bond acceptors (Lipinski definition) is 4. The number of carbonyl (C=O) groups is 1. The van der Waals surface area contributed by atoms with Gasteiger partial charge in [-0.1, -0.05) is 0 Å². The van der Waals surface area contributed by atoms with Crippen molar-refractivity contribution in [2.75, 3.05) is 7.11 Å². The Balaban J connectivity index is 2.34. The van der Waals surface area contributed by atoms with Gasteiger partial charge >= 0.3 is 13.1 Å². The molecule has 0 unspecified atom stereocenters. The molecule has 0 bridgehead atoms. The van der Waals surface area contributed by atoms with Crippen LogP contribution in [0.15, 0.2) is 12.1 Å². The van der Waals surface area contributed by atoms with Crippen molar-refractivity contribution in [3.63, 3.8) is 0 Å². The standard InChI is InChI=1S/C11H13BO5/c1-16-9-4-7(2-3-10(13)14)11-8(5-9)6-17-12(11)15/h4-5,15H,2-3,6H2,1H3,(H,13,14). The van der Waals surface area contributed by atoms with Gasteiger partial charge in [0.05, 0.1) is 13.7 Å². The highest BCUT2D eigenvalue weighted by molar-refractivity contribution is 6.62. The molecule has 2 N–H and O–H groups in total. The van der Waals surface area contributed by atoms with E-state index in [0.29, 0.717) is 24.2 Å². The van der Waals surface area contributed by atoms with Gasteiger partial charge in [0.15, 0.2) is 0 Å². The van der Waals surface area contributed by atoms with Crippen LogP contribution in [0.2, 0.25) is 0 Å². The number of rotatable bonds is 4. The summed E-state index contributed by atoms with van der Waals surface area (Å²) in [5, 5.41) is 18.4. The summed E-state index contributed by atoms with van der Waals surface area (Å²) in [5.41, 5.74) is 2.32. The fourth-order valence-corrected chi connectivity index (χ4v) is 2.00. The maximum atomic E-state index is 10.6. The lowest BCUT2D eigenvalue weighted by Gasteiger charge is -2.10. The van der Waals surface area contributed by atoms with Crippen LogP contribution in [-0.4, -0.2) is 30.3 Å². The van der Waals surface area contributed by atoms with Gasteiger partial charge in [-0.05, 0) is 35.1 Å². The minimum atomic E-state index is -0.959. The predicted molar refractivity (Wildman–Crippen MR) is 61.3 cm³/mol. The molecule has 1 aromatic carbocycles. The van der Waals surface area contributed by atoms with Gasteiger partial charge in [0.1, 0.15) is 5.75 Å². The lowest BCUT2D eigenvalue weighted by molar-refractivity contribution is -0.136. The third-order valence-corrected chi connectivity index (χ3v) is 2.81. The molecule has 1 aliphatic heterocycles. The number of aryl methyl sites for hydroxylation is 1. The molecule has 17 heavy (non-hydrogen) atoms. The summed E-state index contributed by atoms with van der Waals surface area (Å²) in [6, 6.07) is 3.55. The van der Waals surface area contributed by atoms with Crippen LogP contribution in [0.25, 0.3) is 0 Å². The van der Waals surface area contributed by atoms with Crippen molar-refractivity contribution in [1.82, 2.24) is 0 Å². The molecular weight excluding hydrogens is 223 g/mol. The molecule has 0 amide bonds. The Morgan fingerprint density at radius 2 is 2.35 bits per heavy atom. The van der Waals surface area contributed by atoms with Crippen molar-refractivity contribution in [3.05, 3.63) is 23.3 Å². The number of ether oxygens (including phenoxy) is 1. The molecule has 5 nitrogen and oxygen atoms in total. The van der Waals surface area contributed by atoms with E-state index in [-0.39, 0.29) is 6.42 Å². The third kappa shape index (κ3) is 2.43. The molecule has 1 aliphatic rings. The van der Waals surface area contributed by atoms with Crippen LogP contribution in [0.1, 0.15) is 17.5 Å². The molecule has 0 saturated heterocycles. The Kier molecular flexibility index (Phi) is 3.35. The molecule has 90 valence electrons. The van der Waals surface area contributed by atoms with Gasteiger partial charge in [0, 0.05) is 6.42 Å². The SMILES string of the molecule is COc1cc(CCC(=O)O)c2c(c1)COB2O. The van der Waals surface area contributed by atoms with Gasteiger partial charge in [-0.15, -0.1) is 0 Å². The summed E-state index contributed by atoms with van der Waals surface area (Å²) in [5.74, 6) is -0.211. The van der Waals surface area contributed by atoms with Crippen molar-refractivity contribution >= 4 is 18.6 Å². The lowest BCUT2D eigenvalue weighted by Crippen LogP contribution is -2.31. The largest absolute Gasteiger partial charge is 0.497 e. The number of hydrogen-bond donors (Lipinski definition) is 2. The number of carboxylic acids is 1. The van der Waals surface area contributed by atoms with Crippen molar-refractivity contribution in [2.45, 2.75) is 19.4 Å². The molecule has 1 heterocycles. The van der Waals surface area contributed by atoms with E-state index >= 15 is 0 Å². The Morgan fingerprint density at radius 3 is 3.00 bits per heavy atom. The second-order valence-corrected chi connectivity index (χ2v) is 3.92. The van der Waals surface area contributed by atoms with Crippen LogP contribution in [0.3, 0.4) is 0 Å². The first-order valence-corrected chi connectivity index (χ1v) is 5.33. The van der Waals surface area contributed by atoms with Gasteiger partial charge in [-0.2, -0.15) is 0 Å². The summed E-state index contributed by atoms with van der Waals surface area (Å²) in [7, 11) is 0.592. The highest BCUT2D eigenvalue weighted by Gasteiger charge is 2.30. The van der Waals surface area contributed by atoms with E-state index in [1.165, 1.54) is 0 Å². The maximum Gasteiger partial charge on any atom is 0.492 e. The topological polar surface area (TPSA) is 76.0 Å². The molecule has 6 heteroatoms. The van der Waals surface area contributed by atoms with Crippen LogP contribution in [0.4, 0.5) is 0 Å². The van der Waals surface area contributed by atoms with Gasteiger partial charge in [0.25, 0.3) is 0 Å². The van der Waals surface area contributed by atoms with Crippen molar-refractivity contribution in [1.29, 1.82) is 0 Å². The molecule has 0 aliphatic carbocycles. The second-order valence-electron chi connectivity index (χ2n) is 3.92. The molecule has 0 atom stereocenters. The first kappa shape index (κ1) is 11.9. The van der Waals surface area contributed by atoms with E-state index in [0.717, 1.165) is 11.1 Å². The number of benzene rings is 1. The first-order chi connectivity index (χ1) is 8.11. The molecule has 0 spiro atoms. The number of carboxylic acid groups (broad SMARTS) is 1. The number of aliphatic carboxylic acids is 1. The summed E-state index contributed by atoms with van der Waals surface area (Å²) >= 11 is 0. The minimum absolute atomic E-state index is 0.0202. The molecule has 0 aromatic heterocycles. The van der Waals surface area contributed by atoms with Crippen LogP contribution in [-0.2, 0) is 22.5 Å². The highest BCUT2D eigenvalue weighted by atomic mass is 16.5. The molecular formula is C11H13BO5. The van der Waals surface area contributed by atoms with Gasteiger partial charge in [-0.25, -0.2) is 0 Å². The normalized spacial score (nSPS) is 13.6. The van der Waals surface area contributed by atoms with Gasteiger partial charge in [-0.3, -0.25) is 4.79 Å². The van der Waals surface area contributed by atoms with Crippen LogP contribution in [0.5, 0.6) is 5.75 Å². The molecule has 0 radical (unpaired) electrons. The molecule has 0 fully saturated rings. The average molecular weight is 236 g/mol. The van der Waals surface area contributed by atoms with Gasteiger partial charge in [0.2, 0.25) is 0 Å². The highest BCUT2D eigenvalue weighted by Crippen LogP contribution is 2.21. The van der Waals surface area contributed by atoms with E-state index in [1.54, 1.807) is 19.2 Å². The fourth-order valence-electron chi connectivity index (χ4n) is 2.00. The second kappa shape index (κ2) is 4.77. The molecule has 2 rings (SSSR count). The maximum absolute atomic E-state index is 10.6.